The molecule has 6 nitrogen and oxygen atoms in total. The largest absolute Gasteiger partial charge is 0.461 e. The number of hydrogen-bond acceptors (Lipinski definition) is 5. The Morgan fingerprint density at radius 1 is 1.09 bits per heavy atom. The van der Waals surface area contributed by atoms with E-state index in [4.69, 9.17) is 33.4 Å². The zero-order valence-corrected chi connectivity index (χ0v) is 13.1. The molecule has 0 amide bonds. The van der Waals surface area contributed by atoms with Gasteiger partial charge in [-0.1, -0.05) is 29.3 Å². The van der Waals surface area contributed by atoms with Crippen molar-refractivity contribution in [1.82, 2.24) is 19.6 Å². The molecule has 0 aliphatic heterocycles. The van der Waals surface area contributed by atoms with Crippen LogP contribution in [0.5, 0.6) is 0 Å². The van der Waals surface area contributed by atoms with E-state index in [0.29, 0.717) is 33.0 Å². The summed E-state index contributed by atoms with van der Waals surface area (Å²) < 4.78 is 6.87. The van der Waals surface area contributed by atoms with Gasteiger partial charge in [0.25, 0.3) is 0 Å². The number of hydrogen-bond donors (Lipinski definition) is 1. The van der Waals surface area contributed by atoms with Crippen molar-refractivity contribution in [2.24, 2.45) is 0 Å². The molecule has 0 aliphatic rings. The Balaban J connectivity index is 1.87. The van der Waals surface area contributed by atoms with Gasteiger partial charge in [0.05, 0.1) is 28.2 Å². The third-order valence-electron chi connectivity index (χ3n) is 3.30. The fraction of sp³-hybridized carbons (Fsp3) is 0. The molecule has 3 heterocycles. The van der Waals surface area contributed by atoms with Crippen LogP contribution in [0.4, 0.5) is 5.82 Å². The first-order chi connectivity index (χ1) is 11.1. The van der Waals surface area contributed by atoms with Gasteiger partial charge in [0.2, 0.25) is 5.82 Å². The Bertz CT molecular complexity index is 1010. The van der Waals surface area contributed by atoms with Gasteiger partial charge < -0.3 is 10.2 Å². The van der Waals surface area contributed by atoms with Gasteiger partial charge in [0.1, 0.15) is 0 Å². The maximum atomic E-state index is 6.06. The van der Waals surface area contributed by atoms with Crippen LogP contribution in [0.15, 0.2) is 47.2 Å². The Kier molecular flexibility index (Phi) is 3.21. The second-order valence-corrected chi connectivity index (χ2v) is 5.64. The normalized spacial score (nSPS) is 11.2. The summed E-state index contributed by atoms with van der Waals surface area (Å²) in [6.45, 7) is 0. The standard InChI is InChI=1S/C15H9Cl2N5O/c16-9-4-3-8(6-10(9)17)11-7-22-15(13(18)19-11)20-14(21-22)12-2-1-5-23-12/h1-7H,(H2,18,19). The highest BCUT2D eigenvalue weighted by Gasteiger charge is 2.14. The predicted molar refractivity (Wildman–Crippen MR) is 88.4 cm³/mol. The molecule has 0 spiro atoms. The minimum atomic E-state index is 0.263. The number of nitrogens with two attached hydrogens (primary N) is 1. The van der Waals surface area contributed by atoms with E-state index in [2.05, 4.69) is 15.1 Å². The Morgan fingerprint density at radius 3 is 2.70 bits per heavy atom. The number of aromatic nitrogens is 4. The number of furan rings is 1. The summed E-state index contributed by atoms with van der Waals surface area (Å²) in [5.41, 5.74) is 7.86. The fourth-order valence-electron chi connectivity index (χ4n) is 2.22. The summed E-state index contributed by atoms with van der Waals surface area (Å²) in [5.74, 6) is 1.26. The van der Waals surface area contributed by atoms with Crippen LogP contribution >= 0.6 is 23.2 Å². The Labute approximate surface area is 140 Å². The molecule has 0 unspecified atom stereocenters. The number of anilines is 1. The smallest absolute Gasteiger partial charge is 0.218 e. The lowest BCUT2D eigenvalue weighted by Gasteiger charge is -2.04. The van der Waals surface area contributed by atoms with E-state index in [9.17, 15) is 0 Å². The van der Waals surface area contributed by atoms with E-state index in [1.54, 1.807) is 41.2 Å². The zero-order valence-electron chi connectivity index (χ0n) is 11.6. The van der Waals surface area contributed by atoms with E-state index < -0.39 is 0 Å². The monoisotopic (exact) mass is 345 g/mol. The summed E-state index contributed by atoms with van der Waals surface area (Å²) >= 11 is 12.0. The van der Waals surface area contributed by atoms with E-state index >= 15 is 0 Å². The van der Waals surface area contributed by atoms with Crippen molar-refractivity contribution < 1.29 is 4.42 Å². The first-order valence-electron chi connectivity index (χ1n) is 6.64. The van der Waals surface area contributed by atoms with Crippen LogP contribution in [0, 0.1) is 0 Å². The molecule has 2 N–H and O–H groups in total. The highest BCUT2D eigenvalue weighted by atomic mass is 35.5. The topological polar surface area (TPSA) is 82.2 Å². The average Bonchev–Trinajstić information content (AvgIpc) is 3.18. The molecule has 0 bridgehead atoms. The molecule has 3 aromatic heterocycles. The molecule has 4 aromatic rings. The van der Waals surface area contributed by atoms with Crippen molar-refractivity contribution >= 4 is 34.7 Å². The summed E-state index contributed by atoms with van der Waals surface area (Å²) in [6.07, 6.45) is 3.29. The van der Waals surface area contributed by atoms with E-state index in [1.807, 2.05) is 6.07 Å². The predicted octanol–water partition coefficient (Wildman–Crippen LogP) is 3.94. The molecule has 0 saturated heterocycles. The lowest BCUT2D eigenvalue weighted by atomic mass is 10.1. The van der Waals surface area contributed by atoms with Gasteiger partial charge in [-0.25, -0.2) is 14.5 Å². The molecule has 0 atom stereocenters. The number of nitrogens with zero attached hydrogens (tertiary/aromatic N) is 4. The number of benzene rings is 1. The molecule has 0 saturated carbocycles. The molecular weight excluding hydrogens is 337 g/mol. The van der Waals surface area contributed by atoms with Crippen molar-refractivity contribution in [3.63, 3.8) is 0 Å². The van der Waals surface area contributed by atoms with E-state index in [1.165, 1.54) is 0 Å². The van der Waals surface area contributed by atoms with E-state index in [0.717, 1.165) is 5.56 Å². The molecule has 4 rings (SSSR count). The van der Waals surface area contributed by atoms with Crippen LogP contribution < -0.4 is 5.73 Å². The molecule has 114 valence electrons. The second kappa shape index (κ2) is 5.26. The lowest BCUT2D eigenvalue weighted by Crippen LogP contribution is -1.99. The lowest BCUT2D eigenvalue weighted by molar-refractivity contribution is 0.577. The molecular formula is C15H9Cl2N5O. The van der Waals surface area contributed by atoms with Gasteiger partial charge in [-0.2, -0.15) is 0 Å². The molecule has 23 heavy (non-hydrogen) atoms. The maximum Gasteiger partial charge on any atom is 0.218 e. The van der Waals surface area contributed by atoms with Gasteiger partial charge in [-0.05, 0) is 24.3 Å². The second-order valence-electron chi connectivity index (χ2n) is 4.82. The van der Waals surface area contributed by atoms with Crippen molar-refractivity contribution in [3.8, 4) is 22.8 Å². The van der Waals surface area contributed by atoms with Crippen LogP contribution in [0.2, 0.25) is 10.0 Å². The summed E-state index contributed by atoms with van der Waals surface area (Å²) in [7, 11) is 0. The molecule has 0 radical (unpaired) electrons. The van der Waals surface area contributed by atoms with Gasteiger partial charge in [0.15, 0.2) is 17.2 Å². The first-order valence-corrected chi connectivity index (χ1v) is 7.39. The van der Waals surface area contributed by atoms with Crippen molar-refractivity contribution in [3.05, 3.63) is 52.8 Å². The van der Waals surface area contributed by atoms with Crippen molar-refractivity contribution in [2.75, 3.05) is 5.73 Å². The Morgan fingerprint density at radius 2 is 1.96 bits per heavy atom. The van der Waals surface area contributed by atoms with E-state index in [-0.39, 0.29) is 5.82 Å². The van der Waals surface area contributed by atoms with Gasteiger partial charge >= 0.3 is 0 Å². The SMILES string of the molecule is Nc1nc(-c2ccc(Cl)c(Cl)c2)cn2nc(-c3ccco3)nc12. The Hall–Kier alpha value is -2.57. The van der Waals surface area contributed by atoms with Crippen LogP contribution in [0.25, 0.3) is 28.5 Å². The van der Waals surface area contributed by atoms with Crippen LogP contribution in [-0.4, -0.2) is 19.6 Å². The number of nitrogen functional groups attached to an aromatic ring is 1. The molecule has 0 fully saturated rings. The molecule has 1 aromatic carbocycles. The average molecular weight is 346 g/mol. The molecule has 0 aliphatic carbocycles. The van der Waals surface area contributed by atoms with Gasteiger partial charge in [0, 0.05) is 5.56 Å². The third kappa shape index (κ3) is 2.42. The summed E-state index contributed by atoms with van der Waals surface area (Å²) in [6, 6.07) is 8.78. The van der Waals surface area contributed by atoms with Crippen LogP contribution in [0.1, 0.15) is 0 Å². The van der Waals surface area contributed by atoms with Crippen molar-refractivity contribution in [2.45, 2.75) is 0 Å². The zero-order chi connectivity index (χ0) is 16.0. The van der Waals surface area contributed by atoms with Gasteiger partial charge in [-0.15, -0.1) is 5.10 Å². The highest BCUT2D eigenvalue weighted by Crippen LogP contribution is 2.28. The number of fused-ring (bicyclic) bond motifs is 1. The highest BCUT2D eigenvalue weighted by molar-refractivity contribution is 6.42. The van der Waals surface area contributed by atoms with Crippen LogP contribution in [0.3, 0.4) is 0 Å². The summed E-state index contributed by atoms with van der Waals surface area (Å²) in [4.78, 5) is 8.70. The fourth-order valence-corrected chi connectivity index (χ4v) is 2.52. The third-order valence-corrected chi connectivity index (χ3v) is 4.04. The molecule has 8 heteroatoms. The first kappa shape index (κ1) is 14.0. The minimum absolute atomic E-state index is 0.263. The maximum absolute atomic E-state index is 6.06. The minimum Gasteiger partial charge on any atom is -0.461 e. The quantitative estimate of drug-likeness (QED) is 0.594. The van der Waals surface area contributed by atoms with Gasteiger partial charge in [-0.3, -0.25) is 0 Å². The number of halogens is 2. The van der Waals surface area contributed by atoms with Crippen molar-refractivity contribution in [1.29, 1.82) is 0 Å². The summed E-state index contributed by atoms with van der Waals surface area (Å²) in [5, 5.41) is 5.30. The van der Waals surface area contributed by atoms with Crippen LogP contribution in [-0.2, 0) is 0 Å². The number of rotatable bonds is 2.